The van der Waals surface area contributed by atoms with Crippen LogP contribution in [-0.4, -0.2) is 42.3 Å². The molecule has 0 aliphatic heterocycles. The number of carbonyl (C=O) groups excluding carboxylic acids is 3. The first kappa shape index (κ1) is 23.8. The van der Waals surface area contributed by atoms with Gasteiger partial charge in [0.05, 0.1) is 5.92 Å². The van der Waals surface area contributed by atoms with E-state index in [9.17, 15) is 14.4 Å². The third kappa shape index (κ3) is 6.53. The van der Waals surface area contributed by atoms with Crippen LogP contribution in [0.15, 0.2) is 30.3 Å². The minimum absolute atomic E-state index is 0.0745. The van der Waals surface area contributed by atoms with Crippen molar-refractivity contribution in [2.45, 2.75) is 64.2 Å². The van der Waals surface area contributed by atoms with Crippen molar-refractivity contribution in [3.8, 4) is 0 Å². The van der Waals surface area contributed by atoms with Crippen molar-refractivity contribution in [1.29, 1.82) is 0 Å². The second-order valence-corrected chi connectivity index (χ2v) is 8.06. The summed E-state index contributed by atoms with van der Waals surface area (Å²) in [4.78, 5) is 38.1. The van der Waals surface area contributed by atoms with Crippen molar-refractivity contribution in [3.05, 3.63) is 35.9 Å². The molecular weight excluding hydrogens is 388 g/mol. The van der Waals surface area contributed by atoms with Crippen LogP contribution in [0.25, 0.3) is 0 Å². The van der Waals surface area contributed by atoms with Crippen LogP contribution >= 0.6 is 0 Å². The number of amides is 2. The van der Waals surface area contributed by atoms with Crippen LogP contribution in [0.1, 0.15) is 57.6 Å². The lowest BCUT2D eigenvalue weighted by molar-refractivity contribution is -0.155. The normalized spacial score (nSPS) is 17.2. The van der Waals surface area contributed by atoms with Gasteiger partial charge in [-0.3, -0.25) is 14.8 Å². The van der Waals surface area contributed by atoms with Gasteiger partial charge in [-0.15, -0.1) is 0 Å². The van der Waals surface area contributed by atoms with E-state index in [4.69, 9.17) is 14.7 Å². The van der Waals surface area contributed by atoms with Gasteiger partial charge in [-0.25, -0.2) is 10.3 Å². The molecule has 8 heteroatoms. The van der Waals surface area contributed by atoms with Crippen LogP contribution in [0.4, 0.5) is 0 Å². The maximum atomic E-state index is 13.2. The monoisotopic (exact) mass is 420 g/mol. The quantitative estimate of drug-likeness (QED) is 0.304. The fourth-order valence-corrected chi connectivity index (χ4v) is 3.81. The molecule has 0 heterocycles. The van der Waals surface area contributed by atoms with Crippen molar-refractivity contribution >= 4 is 17.8 Å². The predicted octanol–water partition coefficient (Wildman–Crippen LogP) is 2.51. The van der Waals surface area contributed by atoms with Crippen LogP contribution in [0.3, 0.4) is 0 Å². The van der Waals surface area contributed by atoms with Crippen LogP contribution < -0.4 is 10.8 Å². The summed E-state index contributed by atoms with van der Waals surface area (Å²) in [7, 11) is 1.30. The highest BCUT2D eigenvalue weighted by Crippen LogP contribution is 2.25. The van der Waals surface area contributed by atoms with E-state index in [1.807, 2.05) is 19.9 Å². The third-order valence-corrected chi connectivity index (χ3v) is 5.29. The van der Waals surface area contributed by atoms with Gasteiger partial charge in [0.2, 0.25) is 5.91 Å². The molecule has 0 saturated heterocycles. The molecule has 1 saturated carbocycles. The van der Waals surface area contributed by atoms with E-state index in [2.05, 4.69) is 5.32 Å². The second kappa shape index (κ2) is 11.7. The molecule has 166 valence electrons. The Balaban J connectivity index is 2.24. The Labute approximate surface area is 177 Å². The summed E-state index contributed by atoms with van der Waals surface area (Å²) in [5.41, 5.74) is 2.14. The van der Waals surface area contributed by atoms with Crippen molar-refractivity contribution in [3.63, 3.8) is 0 Å². The van der Waals surface area contributed by atoms with E-state index < -0.39 is 35.8 Å². The Morgan fingerprint density at radius 3 is 2.27 bits per heavy atom. The molecule has 2 amide bonds. The Morgan fingerprint density at radius 1 is 1.10 bits per heavy atom. The van der Waals surface area contributed by atoms with Gasteiger partial charge in [-0.2, -0.15) is 0 Å². The number of hydroxylamine groups is 1. The van der Waals surface area contributed by atoms with Gasteiger partial charge in [0.15, 0.2) is 6.04 Å². The number of carbonyl (C=O) groups is 3. The largest absolute Gasteiger partial charge is 0.461 e. The lowest BCUT2D eigenvalue weighted by Crippen LogP contribution is -2.48. The molecule has 1 fully saturated rings. The van der Waals surface area contributed by atoms with Crippen LogP contribution in [-0.2, 0) is 23.9 Å². The Kier molecular flexibility index (Phi) is 9.26. The topological polar surface area (TPSA) is 114 Å². The third-order valence-electron chi connectivity index (χ3n) is 5.29. The lowest BCUT2D eigenvalue weighted by Gasteiger charge is -2.27. The highest BCUT2D eigenvalue weighted by atomic mass is 16.5. The minimum Gasteiger partial charge on any atom is -0.461 e. The van der Waals surface area contributed by atoms with E-state index in [-0.39, 0.29) is 12.0 Å². The van der Waals surface area contributed by atoms with Crippen molar-refractivity contribution in [2.75, 3.05) is 7.11 Å². The Morgan fingerprint density at radius 2 is 1.73 bits per heavy atom. The molecule has 0 radical (unpaired) electrons. The number of nitrogens with one attached hydrogen (secondary N) is 2. The molecule has 0 spiro atoms. The molecule has 3 unspecified atom stereocenters. The maximum Gasteiger partial charge on any atom is 0.333 e. The van der Waals surface area contributed by atoms with Gasteiger partial charge in [0.1, 0.15) is 12.2 Å². The molecule has 3 N–H and O–H groups in total. The van der Waals surface area contributed by atoms with E-state index in [1.165, 1.54) is 7.11 Å². The van der Waals surface area contributed by atoms with Crippen LogP contribution in [0.2, 0.25) is 0 Å². The number of rotatable bonds is 10. The molecule has 3 atom stereocenters. The molecule has 1 aromatic carbocycles. The summed E-state index contributed by atoms with van der Waals surface area (Å²) < 4.78 is 10.8. The SMILES string of the molecule is COC(C(=O)NO)C(CC(C)C)C(=O)NC(C(=O)OC1CCCC1)c1ccccc1. The first-order chi connectivity index (χ1) is 14.4. The molecule has 30 heavy (non-hydrogen) atoms. The maximum absolute atomic E-state index is 13.2. The number of methoxy groups -OCH3 is 1. The minimum atomic E-state index is -1.19. The van der Waals surface area contributed by atoms with E-state index in [1.54, 1.807) is 29.7 Å². The molecule has 0 aromatic heterocycles. The van der Waals surface area contributed by atoms with E-state index in [0.717, 1.165) is 25.7 Å². The first-order valence-corrected chi connectivity index (χ1v) is 10.4. The number of ether oxygens (including phenoxy) is 2. The zero-order valence-electron chi connectivity index (χ0n) is 17.8. The standard InChI is InChI=1S/C22H32N2O6/c1-14(2)13-17(19(29-3)21(26)24-28)20(25)23-18(15-9-5-4-6-10-15)22(27)30-16-11-7-8-12-16/h4-6,9-10,14,16-19,28H,7-8,11-13H2,1-3H3,(H,23,25)(H,24,26). The van der Waals surface area contributed by atoms with Crippen molar-refractivity contribution < 1.29 is 29.1 Å². The zero-order chi connectivity index (χ0) is 22.1. The van der Waals surface area contributed by atoms with Gasteiger partial charge in [0.25, 0.3) is 5.91 Å². The van der Waals surface area contributed by atoms with Gasteiger partial charge < -0.3 is 14.8 Å². The number of esters is 1. The fourth-order valence-electron chi connectivity index (χ4n) is 3.81. The average molecular weight is 421 g/mol. The molecule has 8 nitrogen and oxygen atoms in total. The van der Waals surface area contributed by atoms with Crippen LogP contribution in [0.5, 0.6) is 0 Å². The zero-order valence-corrected chi connectivity index (χ0v) is 17.8. The molecule has 1 aliphatic rings. The summed E-state index contributed by atoms with van der Waals surface area (Å²) in [6.07, 6.45) is 2.67. The van der Waals surface area contributed by atoms with Crippen molar-refractivity contribution in [2.24, 2.45) is 11.8 Å². The number of benzene rings is 1. The first-order valence-electron chi connectivity index (χ1n) is 10.4. The Hall–Kier alpha value is -2.45. The Bertz CT molecular complexity index is 703. The van der Waals surface area contributed by atoms with Gasteiger partial charge >= 0.3 is 5.97 Å². The van der Waals surface area contributed by atoms with Crippen molar-refractivity contribution in [1.82, 2.24) is 10.8 Å². The molecule has 0 bridgehead atoms. The fraction of sp³-hybridized carbons (Fsp3) is 0.591. The summed E-state index contributed by atoms with van der Waals surface area (Å²) >= 11 is 0. The predicted molar refractivity (Wildman–Crippen MR) is 109 cm³/mol. The molecule has 1 aliphatic carbocycles. The summed E-state index contributed by atoms with van der Waals surface area (Å²) in [5, 5.41) is 11.8. The summed E-state index contributed by atoms with van der Waals surface area (Å²) in [6, 6.07) is 7.86. The second-order valence-electron chi connectivity index (χ2n) is 8.06. The van der Waals surface area contributed by atoms with E-state index >= 15 is 0 Å². The lowest BCUT2D eigenvalue weighted by atomic mass is 9.90. The van der Waals surface area contributed by atoms with Gasteiger partial charge in [-0.1, -0.05) is 44.2 Å². The summed E-state index contributed by atoms with van der Waals surface area (Å²) in [5.74, 6) is -2.68. The van der Waals surface area contributed by atoms with Crippen LogP contribution in [0, 0.1) is 11.8 Å². The van der Waals surface area contributed by atoms with Gasteiger partial charge in [-0.05, 0) is 43.6 Å². The van der Waals surface area contributed by atoms with E-state index in [0.29, 0.717) is 12.0 Å². The van der Waals surface area contributed by atoms with Gasteiger partial charge in [0, 0.05) is 7.11 Å². The molecule has 2 rings (SSSR count). The number of hydrogen-bond acceptors (Lipinski definition) is 6. The summed E-state index contributed by atoms with van der Waals surface area (Å²) in [6.45, 7) is 3.82. The highest BCUT2D eigenvalue weighted by Gasteiger charge is 2.37. The highest BCUT2D eigenvalue weighted by molar-refractivity contribution is 5.91. The molecular formula is C22H32N2O6. The molecule has 1 aromatic rings. The smallest absolute Gasteiger partial charge is 0.333 e. The number of hydrogen-bond donors (Lipinski definition) is 3. The average Bonchev–Trinajstić information content (AvgIpc) is 3.24.